The number of carbonyl (C=O) groups is 1. The zero-order chi connectivity index (χ0) is 17.7. The van der Waals surface area contributed by atoms with Gasteiger partial charge in [-0.1, -0.05) is 18.2 Å². The number of carboxylic acid groups (broad SMARTS) is 1. The van der Waals surface area contributed by atoms with Gasteiger partial charge in [-0.3, -0.25) is 0 Å². The van der Waals surface area contributed by atoms with Crippen LogP contribution in [0, 0.1) is 6.92 Å². The maximum atomic E-state index is 12.3. The highest BCUT2D eigenvalue weighted by Crippen LogP contribution is 2.17. The predicted octanol–water partition coefficient (Wildman–Crippen LogP) is 2.57. The molecule has 2 rings (SSSR count). The number of rotatable bonds is 7. The molecule has 0 fully saturated rings. The fourth-order valence-electron chi connectivity index (χ4n) is 2.13. The van der Waals surface area contributed by atoms with E-state index in [1.165, 1.54) is 12.1 Å². The second-order valence-corrected chi connectivity index (χ2v) is 6.95. The molecule has 2 aromatic carbocycles. The van der Waals surface area contributed by atoms with Crippen LogP contribution in [0.25, 0.3) is 0 Å². The van der Waals surface area contributed by atoms with Crippen LogP contribution in [-0.2, 0) is 16.6 Å². The lowest BCUT2D eigenvalue weighted by molar-refractivity contribution is 0.0696. The van der Waals surface area contributed by atoms with Crippen molar-refractivity contribution in [3.63, 3.8) is 0 Å². The van der Waals surface area contributed by atoms with E-state index in [1.807, 2.05) is 6.92 Å². The molecule has 0 heterocycles. The Morgan fingerprint density at radius 1 is 1.17 bits per heavy atom. The first-order valence-electron chi connectivity index (χ1n) is 7.39. The Bertz CT molecular complexity index is 829. The second-order valence-electron chi connectivity index (χ2n) is 5.18. The Morgan fingerprint density at radius 2 is 1.83 bits per heavy atom. The monoisotopic (exact) mass is 349 g/mol. The van der Waals surface area contributed by atoms with Crippen molar-refractivity contribution in [2.75, 3.05) is 6.61 Å². The van der Waals surface area contributed by atoms with Gasteiger partial charge in [0.25, 0.3) is 0 Å². The summed E-state index contributed by atoms with van der Waals surface area (Å²) in [6, 6.07) is 11.1. The first kappa shape index (κ1) is 18.0. The van der Waals surface area contributed by atoms with Gasteiger partial charge in [-0.05, 0) is 49.2 Å². The van der Waals surface area contributed by atoms with Crippen molar-refractivity contribution in [2.24, 2.45) is 0 Å². The van der Waals surface area contributed by atoms with Crippen LogP contribution in [0.15, 0.2) is 47.4 Å². The maximum Gasteiger partial charge on any atom is 0.335 e. The van der Waals surface area contributed by atoms with Crippen LogP contribution in [0.5, 0.6) is 5.75 Å². The summed E-state index contributed by atoms with van der Waals surface area (Å²) in [5, 5.41) is 9.11. The number of carboxylic acids is 1. The SMILES string of the molecule is CCOc1ccc(CNS(=O)(=O)c2ccc(C)c(C(=O)O)c2)cc1. The first-order chi connectivity index (χ1) is 11.3. The summed E-state index contributed by atoms with van der Waals surface area (Å²) < 4.78 is 32.5. The van der Waals surface area contributed by atoms with Crippen LogP contribution in [0.3, 0.4) is 0 Å². The van der Waals surface area contributed by atoms with Crippen molar-refractivity contribution >= 4 is 16.0 Å². The maximum absolute atomic E-state index is 12.3. The Hall–Kier alpha value is -2.38. The standard InChI is InChI=1S/C17H19NO5S/c1-3-23-14-7-5-13(6-8-14)11-18-24(21,22)15-9-4-12(2)16(10-15)17(19)20/h4-10,18H,3,11H2,1-2H3,(H,19,20). The molecule has 6 nitrogen and oxygen atoms in total. The molecule has 7 heteroatoms. The summed E-state index contributed by atoms with van der Waals surface area (Å²) in [5.41, 5.74) is 1.25. The molecule has 0 aromatic heterocycles. The molecule has 2 aromatic rings. The van der Waals surface area contributed by atoms with E-state index in [0.717, 1.165) is 11.6 Å². The minimum absolute atomic E-state index is 0.0288. The molecule has 2 N–H and O–H groups in total. The van der Waals surface area contributed by atoms with Crippen molar-refractivity contribution in [1.29, 1.82) is 0 Å². The zero-order valence-corrected chi connectivity index (χ0v) is 14.3. The first-order valence-corrected chi connectivity index (χ1v) is 8.87. The topological polar surface area (TPSA) is 92.7 Å². The molecule has 0 spiro atoms. The van der Waals surface area contributed by atoms with Gasteiger partial charge in [0.1, 0.15) is 5.75 Å². The Labute approximate surface area is 141 Å². The van der Waals surface area contributed by atoms with Gasteiger partial charge in [0.2, 0.25) is 10.0 Å². The number of ether oxygens (including phenoxy) is 1. The van der Waals surface area contributed by atoms with Crippen LogP contribution < -0.4 is 9.46 Å². The molecule has 0 amide bonds. The van der Waals surface area contributed by atoms with Crippen molar-refractivity contribution in [3.8, 4) is 5.75 Å². The largest absolute Gasteiger partial charge is 0.494 e. The number of benzene rings is 2. The lowest BCUT2D eigenvalue weighted by Crippen LogP contribution is -2.23. The van der Waals surface area contributed by atoms with Crippen LogP contribution in [0.1, 0.15) is 28.4 Å². The molecule has 0 aliphatic heterocycles. The molecule has 0 atom stereocenters. The summed E-state index contributed by atoms with van der Waals surface area (Å²) in [6.07, 6.45) is 0. The zero-order valence-electron chi connectivity index (χ0n) is 13.4. The fraction of sp³-hybridized carbons (Fsp3) is 0.235. The van der Waals surface area contributed by atoms with Gasteiger partial charge in [-0.2, -0.15) is 0 Å². The summed E-state index contributed by atoms with van der Waals surface area (Å²) in [5.74, 6) is -0.440. The number of sulfonamides is 1. The van der Waals surface area contributed by atoms with Crippen molar-refractivity contribution in [3.05, 3.63) is 59.2 Å². The highest BCUT2D eigenvalue weighted by molar-refractivity contribution is 7.89. The molecule has 24 heavy (non-hydrogen) atoms. The Balaban J connectivity index is 2.14. The number of aromatic carboxylic acids is 1. The second kappa shape index (κ2) is 7.46. The molecule has 0 aliphatic rings. The van der Waals surface area contributed by atoms with E-state index in [1.54, 1.807) is 31.2 Å². The van der Waals surface area contributed by atoms with Gasteiger partial charge >= 0.3 is 5.97 Å². The lowest BCUT2D eigenvalue weighted by atomic mass is 10.1. The van der Waals surface area contributed by atoms with E-state index in [9.17, 15) is 13.2 Å². The van der Waals surface area contributed by atoms with E-state index in [4.69, 9.17) is 9.84 Å². The third-order valence-corrected chi connectivity index (χ3v) is 4.85. The third-order valence-electron chi connectivity index (χ3n) is 3.45. The number of nitrogens with one attached hydrogen (secondary N) is 1. The molecular formula is C17H19NO5S. The summed E-state index contributed by atoms with van der Waals surface area (Å²) in [4.78, 5) is 11.1. The van der Waals surface area contributed by atoms with Crippen LogP contribution in [-0.4, -0.2) is 26.1 Å². The molecule has 0 bridgehead atoms. The fourth-order valence-corrected chi connectivity index (χ4v) is 3.17. The number of aryl methyl sites for hydroxylation is 1. The van der Waals surface area contributed by atoms with Gasteiger partial charge in [-0.15, -0.1) is 0 Å². The van der Waals surface area contributed by atoms with Crippen LogP contribution in [0.4, 0.5) is 0 Å². The average Bonchev–Trinajstić information content (AvgIpc) is 2.54. The summed E-state index contributed by atoms with van der Waals surface area (Å²) in [6.45, 7) is 4.17. The quantitative estimate of drug-likeness (QED) is 0.801. The number of hydrogen-bond donors (Lipinski definition) is 2. The van der Waals surface area contributed by atoms with E-state index >= 15 is 0 Å². The average molecular weight is 349 g/mol. The van der Waals surface area contributed by atoms with Gasteiger partial charge in [0.05, 0.1) is 17.1 Å². The van der Waals surface area contributed by atoms with Crippen molar-refractivity contribution in [2.45, 2.75) is 25.3 Å². The third kappa shape index (κ3) is 4.33. The highest BCUT2D eigenvalue weighted by Gasteiger charge is 2.17. The predicted molar refractivity (Wildman–Crippen MR) is 89.8 cm³/mol. The van der Waals surface area contributed by atoms with Gasteiger partial charge in [-0.25, -0.2) is 17.9 Å². The van der Waals surface area contributed by atoms with E-state index < -0.39 is 16.0 Å². The van der Waals surface area contributed by atoms with Crippen LogP contribution >= 0.6 is 0 Å². The minimum atomic E-state index is -3.80. The summed E-state index contributed by atoms with van der Waals surface area (Å²) >= 11 is 0. The molecule has 0 saturated carbocycles. The summed E-state index contributed by atoms with van der Waals surface area (Å²) in [7, 11) is -3.80. The van der Waals surface area contributed by atoms with Crippen molar-refractivity contribution < 1.29 is 23.1 Å². The van der Waals surface area contributed by atoms with E-state index in [0.29, 0.717) is 17.9 Å². The van der Waals surface area contributed by atoms with Gasteiger partial charge in [0.15, 0.2) is 0 Å². The van der Waals surface area contributed by atoms with Gasteiger partial charge in [0, 0.05) is 6.54 Å². The van der Waals surface area contributed by atoms with E-state index in [2.05, 4.69) is 4.72 Å². The molecule has 0 unspecified atom stereocenters. The Kier molecular flexibility index (Phi) is 5.58. The van der Waals surface area contributed by atoms with Crippen LogP contribution in [0.2, 0.25) is 0 Å². The van der Waals surface area contributed by atoms with Gasteiger partial charge < -0.3 is 9.84 Å². The minimum Gasteiger partial charge on any atom is -0.494 e. The molecule has 0 aliphatic carbocycles. The highest BCUT2D eigenvalue weighted by atomic mass is 32.2. The number of hydrogen-bond acceptors (Lipinski definition) is 4. The smallest absolute Gasteiger partial charge is 0.335 e. The molecule has 0 saturated heterocycles. The lowest BCUT2D eigenvalue weighted by Gasteiger charge is -2.09. The molecular weight excluding hydrogens is 330 g/mol. The Morgan fingerprint density at radius 3 is 2.42 bits per heavy atom. The van der Waals surface area contributed by atoms with Crippen molar-refractivity contribution in [1.82, 2.24) is 4.72 Å². The molecule has 128 valence electrons. The normalized spacial score (nSPS) is 11.2. The van der Waals surface area contributed by atoms with E-state index in [-0.39, 0.29) is 17.0 Å². The molecule has 0 radical (unpaired) electrons.